The summed E-state index contributed by atoms with van der Waals surface area (Å²) >= 11 is 0. The van der Waals surface area contributed by atoms with Crippen molar-refractivity contribution < 1.29 is 19.1 Å². The summed E-state index contributed by atoms with van der Waals surface area (Å²) in [7, 11) is 0. The summed E-state index contributed by atoms with van der Waals surface area (Å²) in [5.74, 6) is -0.954. The number of carboxylic acid groups (broad SMARTS) is 1. The summed E-state index contributed by atoms with van der Waals surface area (Å²) in [4.78, 5) is 22.8. The zero-order valence-electron chi connectivity index (χ0n) is 10.3. The minimum Gasteiger partial charge on any atom is -0.480 e. The highest BCUT2D eigenvalue weighted by atomic mass is 16.4. The van der Waals surface area contributed by atoms with Gasteiger partial charge in [-0.1, -0.05) is 18.2 Å². The smallest absolute Gasteiger partial charge is 0.326 e. The van der Waals surface area contributed by atoms with Crippen LogP contribution < -0.4 is 5.32 Å². The van der Waals surface area contributed by atoms with Gasteiger partial charge in [-0.25, -0.2) is 4.79 Å². The van der Waals surface area contributed by atoms with E-state index in [1.165, 1.54) is 0 Å². The van der Waals surface area contributed by atoms with Crippen molar-refractivity contribution in [3.8, 4) is 0 Å². The van der Waals surface area contributed by atoms with Crippen LogP contribution in [0.5, 0.6) is 0 Å². The van der Waals surface area contributed by atoms with E-state index in [4.69, 9.17) is 4.42 Å². The van der Waals surface area contributed by atoms with Crippen LogP contribution in [0.1, 0.15) is 23.7 Å². The molecule has 1 aromatic heterocycles. The zero-order valence-corrected chi connectivity index (χ0v) is 10.3. The Labute approximate surface area is 109 Å². The number of aliphatic carboxylic acids is 1. The molecule has 1 aromatic carbocycles. The van der Waals surface area contributed by atoms with Crippen LogP contribution in [0.2, 0.25) is 0 Å². The number of nitrogens with one attached hydrogen (secondary N) is 1. The maximum absolute atomic E-state index is 11.5. The van der Waals surface area contributed by atoms with Crippen molar-refractivity contribution in [2.45, 2.75) is 25.3 Å². The molecule has 1 amide bonds. The van der Waals surface area contributed by atoms with Crippen molar-refractivity contribution in [1.29, 1.82) is 0 Å². The number of carbonyl (C=O) groups excluding carboxylic acids is 1. The molecule has 3 rings (SSSR count). The van der Waals surface area contributed by atoms with Gasteiger partial charge in [0.25, 0.3) is 0 Å². The fourth-order valence-corrected chi connectivity index (χ4v) is 2.80. The minimum atomic E-state index is -1.01. The predicted molar refractivity (Wildman–Crippen MR) is 67.9 cm³/mol. The van der Waals surface area contributed by atoms with Gasteiger partial charge in [0.05, 0.1) is 0 Å². The van der Waals surface area contributed by atoms with E-state index in [0.29, 0.717) is 5.76 Å². The number of furan rings is 1. The number of amides is 1. The normalized spacial score (nSPS) is 22.7. The Morgan fingerprint density at radius 1 is 1.42 bits per heavy atom. The molecule has 19 heavy (non-hydrogen) atoms. The van der Waals surface area contributed by atoms with Crippen LogP contribution >= 0.6 is 0 Å². The highest BCUT2D eigenvalue weighted by molar-refractivity contribution is 5.92. The fourth-order valence-electron chi connectivity index (χ4n) is 2.80. The topological polar surface area (TPSA) is 79.5 Å². The third-order valence-electron chi connectivity index (χ3n) is 3.58. The Morgan fingerprint density at radius 2 is 2.16 bits per heavy atom. The SMILES string of the molecule is Cc1oc2ccccc2c1C1CC(=O)NC1C(=O)O. The second-order valence-electron chi connectivity index (χ2n) is 4.76. The van der Waals surface area contributed by atoms with Crippen LogP contribution in [0.25, 0.3) is 11.0 Å². The molecule has 2 aromatic rings. The van der Waals surface area contributed by atoms with E-state index in [9.17, 15) is 14.7 Å². The number of rotatable bonds is 2. The van der Waals surface area contributed by atoms with E-state index in [1.54, 1.807) is 6.92 Å². The molecule has 0 bridgehead atoms. The summed E-state index contributed by atoms with van der Waals surface area (Å²) < 4.78 is 5.64. The lowest BCUT2D eigenvalue weighted by Gasteiger charge is -2.14. The number of hydrogen-bond donors (Lipinski definition) is 2. The van der Waals surface area contributed by atoms with E-state index in [0.717, 1.165) is 16.5 Å². The van der Waals surface area contributed by atoms with Crippen molar-refractivity contribution in [3.05, 3.63) is 35.6 Å². The van der Waals surface area contributed by atoms with Crippen molar-refractivity contribution >= 4 is 22.8 Å². The monoisotopic (exact) mass is 259 g/mol. The van der Waals surface area contributed by atoms with Gasteiger partial charge < -0.3 is 14.8 Å². The number of para-hydroxylation sites is 1. The second kappa shape index (κ2) is 4.12. The highest BCUT2D eigenvalue weighted by Gasteiger charge is 2.40. The summed E-state index contributed by atoms with van der Waals surface area (Å²) in [5, 5.41) is 12.6. The summed E-state index contributed by atoms with van der Waals surface area (Å²) in [6.45, 7) is 1.80. The number of fused-ring (bicyclic) bond motifs is 1. The Morgan fingerprint density at radius 3 is 2.89 bits per heavy atom. The first kappa shape index (κ1) is 11.8. The quantitative estimate of drug-likeness (QED) is 0.861. The molecule has 2 heterocycles. The molecule has 5 nitrogen and oxygen atoms in total. The number of hydrogen-bond acceptors (Lipinski definition) is 3. The Kier molecular flexibility index (Phi) is 2.55. The lowest BCUT2D eigenvalue weighted by molar-refractivity contribution is -0.140. The number of aryl methyl sites for hydroxylation is 1. The van der Waals surface area contributed by atoms with E-state index in [-0.39, 0.29) is 18.2 Å². The molecule has 1 saturated heterocycles. The summed E-state index contributed by atoms with van der Waals surface area (Å²) in [5.41, 5.74) is 1.54. The maximum Gasteiger partial charge on any atom is 0.326 e. The predicted octanol–water partition coefficient (Wildman–Crippen LogP) is 1.80. The van der Waals surface area contributed by atoms with E-state index in [2.05, 4.69) is 5.32 Å². The fraction of sp³-hybridized carbons (Fsp3) is 0.286. The molecule has 0 aliphatic carbocycles. The van der Waals surface area contributed by atoms with Gasteiger partial charge in [-0.05, 0) is 13.0 Å². The first-order chi connectivity index (χ1) is 9.08. The average Bonchev–Trinajstić information content (AvgIpc) is 2.88. The van der Waals surface area contributed by atoms with Crippen LogP contribution in [-0.2, 0) is 9.59 Å². The van der Waals surface area contributed by atoms with Gasteiger partial charge in [0.15, 0.2) is 0 Å². The largest absolute Gasteiger partial charge is 0.480 e. The van der Waals surface area contributed by atoms with Crippen LogP contribution in [0, 0.1) is 6.92 Å². The molecule has 0 saturated carbocycles. The molecule has 1 aliphatic heterocycles. The van der Waals surface area contributed by atoms with Crippen molar-refractivity contribution in [2.24, 2.45) is 0 Å². The van der Waals surface area contributed by atoms with E-state index >= 15 is 0 Å². The second-order valence-corrected chi connectivity index (χ2v) is 4.76. The number of carboxylic acids is 1. The van der Waals surface area contributed by atoms with E-state index < -0.39 is 12.0 Å². The Hall–Kier alpha value is -2.30. The van der Waals surface area contributed by atoms with Crippen molar-refractivity contribution in [2.75, 3.05) is 0 Å². The van der Waals surface area contributed by atoms with Gasteiger partial charge in [0, 0.05) is 23.3 Å². The Balaban J connectivity index is 2.15. The molecule has 0 spiro atoms. The average molecular weight is 259 g/mol. The van der Waals surface area contributed by atoms with Crippen LogP contribution in [0.4, 0.5) is 0 Å². The van der Waals surface area contributed by atoms with Gasteiger partial charge in [-0.3, -0.25) is 4.79 Å². The van der Waals surface area contributed by atoms with Crippen molar-refractivity contribution in [1.82, 2.24) is 5.32 Å². The lowest BCUT2D eigenvalue weighted by Crippen LogP contribution is -2.36. The van der Waals surface area contributed by atoms with Crippen LogP contribution in [0.3, 0.4) is 0 Å². The standard InChI is InChI=1S/C14H13NO4/c1-7-12(8-4-2-3-5-10(8)19-7)9-6-11(16)15-13(9)14(17)18/h2-5,9,13H,6H2,1H3,(H,15,16)(H,17,18). The lowest BCUT2D eigenvalue weighted by atomic mass is 9.90. The van der Waals surface area contributed by atoms with Gasteiger partial charge in [-0.2, -0.15) is 0 Å². The molecule has 2 atom stereocenters. The summed E-state index contributed by atoms with van der Waals surface area (Å²) in [6.07, 6.45) is 0.182. The first-order valence-corrected chi connectivity index (χ1v) is 6.08. The highest BCUT2D eigenvalue weighted by Crippen LogP contribution is 2.37. The molecule has 5 heteroatoms. The molecule has 98 valence electrons. The van der Waals surface area contributed by atoms with E-state index in [1.807, 2.05) is 24.3 Å². The third-order valence-corrected chi connectivity index (χ3v) is 3.58. The molecule has 1 fully saturated rings. The molecular formula is C14H13NO4. The number of benzene rings is 1. The molecule has 2 unspecified atom stereocenters. The molecular weight excluding hydrogens is 246 g/mol. The molecule has 1 aliphatic rings. The molecule has 0 radical (unpaired) electrons. The maximum atomic E-state index is 11.5. The first-order valence-electron chi connectivity index (χ1n) is 6.08. The van der Waals surface area contributed by atoms with Gasteiger partial charge in [-0.15, -0.1) is 0 Å². The van der Waals surface area contributed by atoms with Crippen LogP contribution in [0.15, 0.2) is 28.7 Å². The minimum absolute atomic E-state index is 0.182. The molecule has 2 N–H and O–H groups in total. The van der Waals surface area contributed by atoms with Gasteiger partial charge >= 0.3 is 5.97 Å². The van der Waals surface area contributed by atoms with Gasteiger partial charge in [0.1, 0.15) is 17.4 Å². The Bertz CT molecular complexity index is 673. The third kappa shape index (κ3) is 1.78. The van der Waals surface area contributed by atoms with Gasteiger partial charge in [0.2, 0.25) is 5.91 Å². The number of carbonyl (C=O) groups is 2. The van der Waals surface area contributed by atoms with Crippen LogP contribution in [-0.4, -0.2) is 23.0 Å². The zero-order chi connectivity index (χ0) is 13.6. The summed E-state index contributed by atoms with van der Waals surface area (Å²) in [6, 6.07) is 6.59. The van der Waals surface area contributed by atoms with Crippen molar-refractivity contribution in [3.63, 3.8) is 0 Å².